The number of benzene rings is 1. The highest BCUT2D eigenvalue weighted by atomic mass is 32.2. The number of hydrogen-bond donors (Lipinski definition) is 3. The largest absolute Gasteiger partial charge is 0.355 e. The molecule has 8 heteroatoms. The first-order chi connectivity index (χ1) is 12.4. The average molecular weight is 382 g/mol. The predicted octanol–water partition coefficient (Wildman–Crippen LogP) is 0.674. The second-order valence-electron chi connectivity index (χ2n) is 6.79. The fourth-order valence-electron chi connectivity index (χ4n) is 3.07. The molecule has 1 saturated heterocycles. The van der Waals surface area contributed by atoms with Crippen molar-refractivity contribution in [1.82, 2.24) is 20.3 Å². The number of rotatable bonds is 7. The number of piperidine rings is 1. The van der Waals surface area contributed by atoms with Crippen molar-refractivity contribution in [2.75, 3.05) is 39.5 Å². The van der Waals surface area contributed by atoms with E-state index in [4.69, 9.17) is 0 Å². The number of aliphatic imine (C=N–C) groups is 1. The SMILES string of the molecule is CN=C(NCCNS(C)(=O)=O)NC1CCN(Cc2ccccc2C)CC1. The van der Waals surface area contributed by atoms with Gasteiger partial charge < -0.3 is 10.6 Å². The lowest BCUT2D eigenvalue weighted by molar-refractivity contribution is 0.198. The van der Waals surface area contributed by atoms with Gasteiger partial charge in [0.05, 0.1) is 6.26 Å². The highest BCUT2D eigenvalue weighted by Gasteiger charge is 2.20. The average Bonchev–Trinajstić information content (AvgIpc) is 2.60. The van der Waals surface area contributed by atoms with Gasteiger partial charge in [-0.15, -0.1) is 0 Å². The lowest BCUT2D eigenvalue weighted by atomic mass is 10.0. The fourth-order valence-corrected chi connectivity index (χ4v) is 3.54. The van der Waals surface area contributed by atoms with Crippen LogP contribution in [-0.4, -0.2) is 64.8 Å². The van der Waals surface area contributed by atoms with Gasteiger partial charge in [0.15, 0.2) is 5.96 Å². The van der Waals surface area contributed by atoms with Gasteiger partial charge in [-0.2, -0.15) is 0 Å². The molecule has 0 bridgehead atoms. The van der Waals surface area contributed by atoms with Crippen molar-refractivity contribution >= 4 is 16.0 Å². The topological polar surface area (TPSA) is 85.8 Å². The Labute approximate surface area is 157 Å². The van der Waals surface area contributed by atoms with Crippen molar-refractivity contribution in [2.24, 2.45) is 4.99 Å². The molecule has 0 spiro atoms. The number of hydrogen-bond acceptors (Lipinski definition) is 4. The van der Waals surface area contributed by atoms with E-state index in [0.29, 0.717) is 19.1 Å². The summed E-state index contributed by atoms with van der Waals surface area (Å²) in [6.45, 7) is 6.12. The van der Waals surface area contributed by atoms with Crippen LogP contribution in [0.15, 0.2) is 29.3 Å². The molecule has 1 aliphatic rings. The monoisotopic (exact) mass is 381 g/mol. The summed E-state index contributed by atoms with van der Waals surface area (Å²) in [6.07, 6.45) is 3.28. The summed E-state index contributed by atoms with van der Waals surface area (Å²) in [7, 11) is -1.42. The third-order valence-corrected chi connectivity index (χ3v) is 5.32. The summed E-state index contributed by atoms with van der Waals surface area (Å²) in [4.78, 5) is 6.71. The van der Waals surface area contributed by atoms with Crippen LogP contribution in [0.3, 0.4) is 0 Å². The van der Waals surface area contributed by atoms with Gasteiger partial charge in [-0.25, -0.2) is 13.1 Å². The van der Waals surface area contributed by atoms with Crippen LogP contribution < -0.4 is 15.4 Å². The third kappa shape index (κ3) is 7.31. The Hall–Kier alpha value is -1.64. The van der Waals surface area contributed by atoms with Crippen LogP contribution in [0.4, 0.5) is 0 Å². The van der Waals surface area contributed by atoms with Crippen LogP contribution in [0.25, 0.3) is 0 Å². The number of sulfonamides is 1. The van der Waals surface area contributed by atoms with Crippen molar-refractivity contribution < 1.29 is 8.42 Å². The molecule has 7 nitrogen and oxygen atoms in total. The quantitative estimate of drug-likeness (QED) is 0.367. The van der Waals surface area contributed by atoms with E-state index in [-0.39, 0.29) is 0 Å². The van der Waals surface area contributed by atoms with E-state index in [1.165, 1.54) is 11.1 Å². The van der Waals surface area contributed by atoms with Crippen molar-refractivity contribution in [3.8, 4) is 0 Å². The van der Waals surface area contributed by atoms with Gasteiger partial charge in [0.1, 0.15) is 0 Å². The zero-order valence-corrected chi connectivity index (χ0v) is 16.8. The van der Waals surface area contributed by atoms with Gasteiger partial charge in [-0.3, -0.25) is 9.89 Å². The molecule has 1 fully saturated rings. The molecule has 1 aliphatic heterocycles. The maximum absolute atomic E-state index is 11.1. The molecule has 0 atom stereocenters. The van der Waals surface area contributed by atoms with Gasteiger partial charge in [0, 0.05) is 45.8 Å². The standard InChI is InChI=1S/C18H31N5O2S/c1-15-6-4-5-7-16(15)14-23-12-8-17(9-13-23)22-18(19-2)20-10-11-21-26(3,24)25/h4-7,17,21H,8-14H2,1-3H3,(H2,19,20,22). The number of aryl methyl sites for hydroxylation is 1. The molecule has 0 aromatic heterocycles. The molecule has 0 aliphatic carbocycles. The lowest BCUT2D eigenvalue weighted by Gasteiger charge is -2.33. The van der Waals surface area contributed by atoms with Crippen LogP contribution in [-0.2, 0) is 16.6 Å². The molecule has 0 saturated carbocycles. The van der Waals surface area contributed by atoms with Crippen molar-refractivity contribution in [3.05, 3.63) is 35.4 Å². The Balaban J connectivity index is 1.71. The van der Waals surface area contributed by atoms with Crippen LogP contribution in [0, 0.1) is 6.92 Å². The summed E-state index contributed by atoms with van der Waals surface area (Å²) in [5.41, 5.74) is 2.75. The minimum atomic E-state index is -3.15. The van der Waals surface area contributed by atoms with E-state index in [2.05, 4.69) is 56.4 Å². The van der Waals surface area contributed by atoms with Gasteiger partial charge in [-0.05, 0) is 30.9 Å². The van der Waals surface area contributed by atoms with E-state index in [0.717, 1.165) is 44.7 Å². The summed E-state index contributed by atoms with van der Waals surface area (Å²) in [5, 5.41) is 6.58. The van der Waals surface area contributed by atoms with Crippen LogP contribution >= 0.6 is 0 Å². The molecule has 1 heterocycles. The van der Waals surface area contributed by atoms with E-state index in [1.54, 1.807) is 7.05 Å². The van der Waals surface area contributed by atoms with Crippen LogP contribution in [0.5, 0.6) is 0 Å². The minimum absolute atomic E-state index is 0.342. The Kier molecular flexibility index (Phi) is 7.86. The molecular weight excluding hydrogens is 350 g/mol. The predicted molar refractivity (Wildman–Crippen MR) is 107 cm³/mol. The zero-order valence-electron chi connectivity index (χ0n) is 16.0. The Morgan fingerprint density at radius 1 is 1.23 bits per heavy atom. The highest BCUT2D eigenvalue weighted by molar-refractivity contribution is 7.88. The molecule has 2 rings (SSSR count). The third-order valence-electron chi connectivity index (χ3n) is 4.59. The second-order valence-corrected chi connectivity index (χ2v) is 8.62. The fraction of sp³-hybridized carbons (Fsp3) is 0.611. The number of nitrogens with one attached hydrogen (secondary N) is 3. The zero-order chi connectivity index (χ0) is 19.0. The normalized spacial score (nSPS) is 17.3. The van der Waals surface area contributed by atoms with Crippen molar-refractivity contribution in [3.63, 3.8) is 0 Å². The number of nitrogens with zero attached hydrogens (tertiary/aromatic N) is 2. The Morgan fingerprint density at radius 2 is 1.92 bits per heavy atom. The van der Waals surface area contributed by atoms with E-state index in [9.17, 15) is 8.42 Å². The van der Waals surface area contributed by atoms with E-state index in [1.807, 2.05) is 0 Å². The molecule has 3 N–H and O–H groups in total. The summed E-state index contributed by atoms with van der Waals surface area (Å²) >= 11 is 0. The Morgan fingerprint density at radius 3 is 2.54 bits per heavy atom. The first kappa shape index (κ1) is 20.7. The molecule has 0 radical (unpaired) electrons. The molecule has 146 valence electrons. The molecular formula is C18H31N5O2S. The summed E-state index contributed by atoms with van der Waals surface area (Å²) in [5.74, 6) is 0.720. The van der Waals surface area contributed by atoms with Gasteiger partial charge >= 0.3 is 0 Å². The second kappa shape index (κ2) is 9.89. The summed E-state index contributed by atoms with van der Waals surface area (Å²) < 4.78 is 24.6. The molecule has 26 heavy (non-hydrogen) atoms. The number of guanidine groups is 1. The van der Waals surface area contributed by atoms with E-state index < -0.39 is 10.0 Å². The summed E-state index contributed by atoms with van der Waals surface area (Å²) in [6, 6.07) is 8.94. The van der Waals surface area contributed by atoms with Crippen LogP contribution in [0.1, 0.15) is 24.0 Å². The number of likely N-dealkylation sites (tertiary alicyclic amines) is 1. The highest BCUT2D eigenvalue weighted by Crippen LogP contribution is 2.16. The Bertz CT molecular complexity index is 697. The van der Waals surface area contributed by atoms with Gasteiger partial charge in [0.25, 0.3) is 0 Å². The van der Waals surface area contributed by atoms with Gasteiger partial charge in [0.2, 0.25) is 10.0 Å². The lowest BCUT2D eigenvalue weighted by Crippen LogP contribution is -2.49. The molecule has 1 aromatic rings. The van der Waals surface area contributed by atoms with Crippen LogP contribution in [0.2, 0.25) is 0 Å². The van der Waals surface area contributed by atoms with Crippen molar-refractivity contribution in [1.29, 1.82) is 0 Å². The maximum Gasteiger partial charge on any atom is 0.208 e. The smallest absolute Gasteiger partial charge is 0.208 e. The first-order valence-corrected chi connectivity index (χ1v) is 10.9. The van der Waals surface area contributed by atoms with Gasteiger partial charge in [-0.1, -0.05) is 24.3 Å². The first-order valence-electron chi connectivity index (χ1n) is 9.06. The molecule has 1 aromatic carbocycles. The maximum atomic E-state index is 11.1. The van der Waals surface area contributed by atoms with E-state index >= 15 is 0 Å². The van der Waals surface area contributed by atoms with Crippen molar-refractivity contribution in [2.45, 2.75) is 32.4 Å². The minimum Gasteiger partial charge on any atom is -0.355 e. The molecule has 0 unspecified atom stereocenters. The molecule has 0 amide bonds.